The van der Waals surface area contributed by atoms with Crippen molar-refractivity contribution < 1.29 is 73.2 Å². The number of guanidine groups is 1. The Morgan fingerprint density at radius 3 is 1.69 bits per heavy atom. The van der Waals surface area contributed by atoms with Crippen molar-refractivity contribution in [1.29, 1.82) is 0 Å². The first-order chi connectivity index (χ1) is 36.7. The summed E-state index contributed by atoms with van der Waals surface area (Å²) in [5.41, 5.74) is 23.3. The van der Waals surface area contributed by atoms with E-state index in [0.717, 1.165) is 6.92 Å². The molecule has 0 aliphatic carbocycles. The topological polar surface area (TPSA) is 510 Å². The number of nitrogens with one attached hydrogen (secondary N) is 9. The maximum Gasteiger partial charge on any atom is 0.326 e. The van der Waals surface area contributed by atoms with Crippen LogP contribution in [0, 0.1) is 11.8 Å². The summed E-state index contributed by atoms with van der Waals surface area (Å²) >= 11 is 0. The number of hydrogen-bond donors (Lipinski definition) is 17. The molecule has 78 heavy (non-hydrogen) atoms. The van der Waals surface area contributed by atoms with Gasteiger partial charge in [-0.15, -0.1) is 0 Å². The number of imidazole rings is 1. The van der Waals surface area contributed by atoms with Crippen LogP contribution in [0.4, 0.5) is 0 Å². The smallest absolute Gasteiger partial charge is 0.326 e. The molecule has 2 aromatic rings. The summed E-state index contributed by atoms with van der Waals surface area (Å²) in [5.74, 6) is -13.9. The number of H-pyrrole nitrogens is 1. The Morgan fingerprint density at radius 1 is 0.641 bits per heavy atom. The molecule has 0 radical (unpaired) electrons. The average Bonchev–Trinajstić information content (AvgIpc) is 3.89. The first-order valence-electron chi connectivity index (χ1n) is 24.9. The number of carbonyl (C=O) groups excluding carboxylic acids is 9. The first kappa shape index (κ1) is 65.9. The number of carbonyl (C=O) groups is 11. The number of aliphatic hydroxyl groups is 2. The highest BCUT2D eigenvalue weighted by molar-refractivity contribution is 5.99. The molecule has 0 fully saturated rings. The van der Waals surface area contributed by atoms with E-state index < -0.39 is 151 Å². The number of benzene rings is 1. The largest absolute Gasteiger partial charge is 0.481 e. The van der Waals surface area contributed by atoms with E-state index >= 15 is 0 Å². The lowest BCUT2D eigenvalue weighted by Gasteiger charge is -2.29. The number of nitrogens with zero attached hydrogens (tertiary/aromatic N) is 2. The standard InChI is InChI=1S/C48H75N15O15/c1-6-24(4)37(45(75)59-32(19-36(67)68)42(72)58-30(17-27-20-53-22-55-27)41(71)60-33(47(77)78)15-23(2)3)62-40(70)29(13-10-14-54-48(51)52)56-44(74)34(21-64)61-46(76)38(25(5)65)63-43(73)31(18-35(50)66)57-39(69)28(49)16-26-11-8-7-9-12-26/h7-9,11-12,20,22-25,28-34,37-38,64-65H,6,10,13-19,21,49H2,1-5H3,(H2,50,66)(H,53,55)(H,56,74)(H,57,69)(H,58,72)(H,59,75)(H,60,71)(H,61,76)(H,62,70)(H,63,73)(H,67,68)(H,77,78)(H4,51,52,54)/t24-,25+,28-,29-,30-,31-,32-,33-,34-,37-,38-/m0/s1. The highest BCUT2D eigenvalue weighted by Gasteiger charge is 2.38. The lowest BCUT2D eigenvalue weighted by atomic mass is 9.96. The number of aliphatic carboxylic acids is 2. The van der Waals surface area contributed by atoms with Crippen LogP contribution in [-0.2, 0) is 65.6 Å². The third-order valence-electron chi connectivity index (χ3n) is 11.9. The summed E-state index contributed by atoms with van der Waals surface area (Å²) in [6.45, 7) is 6.50. The van der Waals surface area contributed by atoms with Crippen LogP contribution in [0.25, 0.3) is 0 Å². The van der Waals surface area contributed by atoms with E-state index in [-0.39, 0.29) is 56.9 Å². The van der Waals surface area contributed by atoms with E-state index in [1.807, 2.05) is 0 Å². The Morgan fingerprint density at radius 2 is 1.15 bits per heavy atom. The third kappa shape index (κ3) is 23.3. The molecule has 0 saturated heterocycles. The fraction of sp³-hybridized carbons (Fsp3) is 0.562. The minimum Gasteiger partial charge on any atom is -0.481 e. The summed E-state index contributed by atoms with van der Waals surface area (Å²) in [6.07, 6.45) is -1.16. The fourth-order valence-electron chi connectivity index (χ4n) is 7.47. The molecular formula is C48H75N15O15. The zero-order valence-corrected chi connectivity index (χ0v) is 44.0. The second kappa shape index (κ2) is 33.0. The minimum atomic E-state index is -1.90. The Kier molecular flexibility index (Phi) is 27.9. The predicted molar refractivity (Wildman–Crippen MR) is 277 cm³/mol. The molecule has 0 spiro atoms. The molecule has 21 N–H and O–H groups in total. The average molecular weight is 1100 g/mol. The third-order valence-corrected chi connectivity index (χ3v) is 11.9. The van der Waals surface area contributed by atoms with Gasteiger partial charge in [-0.05, 0) is 50.0 Å². The van der Waals surface area contributed by atoms with E-state index in [2.05, 4.69) is 57.5 Å². The molecular weight excluding hydrogens is 1030 g/mol. The number of aromatic amines is 1. The highest BCUT2D eigenvalue weighted by Crippen LogP contribution is 2.13. The second-order valence-corrected chi connectivity index (χ2v) is 18.9. The predicted octanol–water partition coefficient (Wildman–Crippen LogP) is -5.65. The van der Waals surface area contributed by atoms with Gasteiger partial charge < -0.3 is 90.9 Å². The number of rotatable bonds is 35. The van der Waals surface area contributed by atoms with Crippen molar-refractivity contribution in [2.75, 3.05) is 13.2 Å². The molecule has 0 aliphatic heterocycles. The van der Waals surface area contributed by atoms with Crippen molar-refractivity contribution in [2.45, 2.75) is 146 Å². The molecule has 0 saturated carbocycles. The zero-order valence-electron chi connectivity index (χ0n) is 44.0. The van der Waals surface area contributed by atoms with Crippen LogP contribution < -0.4 is 65.5 Å². The van der Waals surface area contributed by atoms with E-state index in [9.17, 15) is 73.2 Å². The number of primary amides is 1. The van der Waals surface area contributed by atoms with Gasteiger partial charge in [0.1, 0.15) is 48.3 Å². The maximum atomic E-state index is 14.2. The molecule has 1 aromatic carbocycles. The molecule has 9 amide bonds. The molecule has 0 unspecified atom stereocenters. The normalized spacial score (nSPS) is 15.3. The van der Waals surface area contributed by atoms with Gasteiger partial charge in [0.05, 0.1) is 37.9 Å². The molecule has 11 atom stereocenters. The summed E-state index contributed by atoms with van der Waals surface area (Å²) in [7, 11) is 0. The fourth-order valence-corrected chi connectivity index (χ4v) is 7.47. The monoisotopic (exact) mass is 1100 g/mol. The van der Waals surface area contributed by atoms with Crippen LogP contribution in [-0.4, -0.2) is 175 Å². The summed E-state index contributed by atoms with van der Waals surface area (Å²) in [4.78, 5) is 156. The number of nitrogens with two attached hydrogens (primary N) is 4. The molecule has 30 heteroatoms. The number of amides is 9. The van der Waals surface area contributed by atoms with E-state index in [1.165, 1.54) is 19.4 Å². The van der Waals surface area contributed by atoms with Crippen molar-refractivity contribution in [1.82, 2.24) is 52.5 Å². The summed E-state index contributed by atoms with van der Waals surface area (Å²) < 4.78 is 0. The zero-order chi connectivity index (χ0) is 58.8. The van der Waals surface area contributed by atoms with Gasteiger partial charge in [-0.3, -0.25) is 52.9 Å². The number of aliphatic hydroxyl groups excluding tert-OH is 2. The maximum absolute atomic E-state index is 14.2. The quantitative estimate of drug-likeness (QED) is 0.0174. The van der Waals surface area contributed by atoms with Crippen molar-refractivity contribution in [3.63, 3.8) is 0 Å². The minimum absolute atomic E-state index is 0.00173. The van der Waals surface area contributed by atoms with Gasteiger partial charge in [0, 0.05) is 24.9 Å². The summed E-state index contributed by atoms with van der Waals surface area (Å²) in [5, 5.41) is 59.1. The number of aliphatic imine (C=N–C) groups is 1. The first-order valence-corrected chi connectivity index (χ1v) is 24.9. The van der Waals surface area contributed by atoms with Crippen molar-refractivity contribution >= 4 is 71.1 Å². The van der Waals surface area contributed by atoms with Crippen molar-refractivity contribution in [3.05, 3.63) is 54.1 Å². The molecule has 0 aliphatic rings. The van der Waals surface area contributed by atoms with Gasteiger partial charge in [0.25, 0.3) is 0 Å². The van der Waals surface area contributed by atoms with Gasteiger partial charge >= 0.3 is 11.9 Å². The van der Waals surface area contributed by atoms with Crippen LogP contribution in [0.1, 0.15) is 84.4 Å². The van der Waals surface area contributed by atoms with Gasteiger partial charge in [-0.2, -0.15) is 0 Å². The van der Waals surface area contributed by atoms with Gasteiger partial charge in [-0.25, -0.2) is 9.78 Å². The van der Waals surface area contributed by atoms with Crippen LogP contribution in [0.15, 0.2) is 47.8 Å². The summed E-state index contributed by atoms with van der Waals surface area (Å²) in [6, 6.07) is -6.00. The van der Waals surface area contributed by atoms with Crippen LogP contribution in [0.2, 0.25) is 0 Å². The number of aromatic nitrogens is 2. The molecule has 30 nitrogen and oxygen atoms in total. The van der Waals surface area contributed by atoms with Gasteiger partial charge in [0.15, 0.2) is 5.96 Å². The highest BCUT2D eigenvalue weighted by atomic mass is 16.4. The van der Waals surface area contributed by atoms with Crippen LogP contribution in [0.5, 0.6) is 0 Å². The lowest BCUT2D eigenvalue weighted by molar-refractivity contribution is -0.143. The Bertz CT molecular complexity index is 2390. The van der Waals surface area contributed by atoms with Crippen LogP contribution >= 0.6 is 0 Å². The Balaban J connectivity index is 2.38. The molecule has 1 aromatic heterocycles. The van der Waals surface area contributed by atoms with Crippen LogP contribution in [0.3, 0.4) is 0 Å². The lowest BCUT2D eigenvalue weighted by Crippen LogP contribution is -2.62. The Hall–Kier alpha value is -8.25. The molecule has 432 valence electrons. The number of carboxylic acid groups (broad SMARTS) is 2. The van der Waals surface area contributed by atoms with Gasteiger partial charge in [-0.1, -0.05) is 64.4 Å². The second-order valence-electron chi connectivity index (χ2n) is 18.9. The number of carboxylic acids is 2. The molecule has 1 heterocycles. The van der Waals surface area contributed by atoms with Crippen molar-refractivity contribution in [3.8, 4) is 0 Å². The van der Waals surface area contributed by atoms with Crippen molar-refractivity contribution in [2.24, 2.45) is 39.8 Å². The Labute approximate surface area is 449 Å². The SMILES string of the molecule is CC[C@H](C)[C@H](NC(=O)[C@H](CCCN=C(N)N)NC(=O)[C@H](CO)NC(=O)[C@@H](NC(=O)[C@H](CC(N)=O)NC(=O)[C@@H](N)Cc1ccccc1)[C@@H](C)O)C(=O)N[C@@H](CC(=O)O)C(=O)N[C@@H](Cc1cnc[nH]1)C(=O)N[C@@H](CC(C)C)C(=O)O. The van der Waals surface area contributed by atoms with E-state index in [0.29, 0.717) is 11.3 Å². The van der Waals surface area contributed by atoms with E-state index in [4.69, 9.17) is 22.9 Å². The molecule has 0 bridgehead atoms. The van der Waals surface area contributed by atoms with Gasteiger partial charge in [0.2, 0.25) is 53.2 Å². The van der Waals surface area contributed by atoms with E-state index in [1.54, 1.807) is 51.1 Å². The number of hydrogen-bond acceptors (Lipinski definition) is 16. The molecule has 2 rings (SSSR count).